The molecule has 0 saturated heterocycles. The van der Waals surface area contributed by atoms with Gasteiger partial charge in [0.1, 0.15) is 5.75 Å². The predicted octanol–water partition coefficient (Wildman–Crippen LogP) is 2.32. The summed E-state index contributed by atoms with van der Waals surface area (Å²) in [5.74, 6) is 1.71. The van der Waals surface area contributed by atoms with Crippen molar-refractivity contribution in [3.05, 3.63) is 28.0 Å². The zero-order valence-corrected chi connectivity index (χ0v) is 11.3. The first-order valence-corrected chi connectivity index (χ1v) is 5.79. The third-order valence-electron chi connectivity index (χ3n) is 2.29. The van der Waals surface area contributed by atoms with Crippen LogP contribution in [0.3, 0.4) is 0 Å². The fourth-order valence-electron chi connectivity index (χ4n) is 1.54. The molecule has 0 aliphatic heterocycles. The van der Waals surface area contributed by atoms with E-state index in [9.17, 15) is 0 Å². The largest absolute Gasteiger partial charge is 0.496 e. The van der Waals surface area contributed by atoms with Gasteiger partial charge in [-0.15, -0.1) is 20.4 Å². The lowest BCUT2D eigenvalue weighted by Gasteiger charge is -2.10. The molecular weight excluding hydrogens is 284 g/mol. The van der Waals surface area contributed by atoms with E-state index in [2.05, 4.69) is 36.3 Å². The van der Waals surface area contributed by atoms with Crippen LogP contribution in [0.15, 0.2) is 16.6 Å². The topological polar surface area (TPSA) is 60.8 Å². The average molecular weight is 295 g/mol. The van der Waals surface area contributed by atoms with Gasteiger partial charge in [-0.3, -0.25) is 0 Å². The molecule has 1 aromatic carbocycles. The number of nitrogens with zero attached hydrogens (tertiary/aromatic N) is 4. The first-order valence-electron chi connectivity index (χ1n) is 5.00. The summed E-state index contributed by atoms with van der Waals surface area (Å²) in [6.07, 6.45) is 0. The second kappa shape index (κ2) is 4.75. The lowest BCUT2D eigenvalue weighted by atomic mass is 10.1. The maximum absolute atomic E-state index is 5.33. The summed E-state index contributed by atoms with van der Waals surface area (Å²) in [5.41, 5.74) is 1.82. The summed E-state index contributed by atoms with van der Waals surface area (Å²) >= 11 is 3.42. The number of ether oxygens (including phenoxy) is 1. The zero-order chi connectivity index (χ0) is 12.4. The van der Waals surface area contributed by atoms with Crippen LogP contribution in [0.2, 0.25) is 0 Å². The molecule has 0 spiro atoms. The molecule has 1 aromatic heterocycles. The normalized spacial score (nSPS) is 10.4. The van der Waals surface area contributed by atoms with Crippen LogP contribution in [-0.4, -0.2) is 27.5 Å². The van der Waals surface area contributed by atoms with Crippen LogP contribution in [0.4, 0.5) is 0 Å². The first-order chi connectivity index (χ1) is 8.11. The standard InChI is InChI=1S/C11H11BrN4O/c1-6-4-8(12)5-9(17-3)10(6)11-15-13-7(2)14-16-11/h4-5H,1-3H3. The Kier molecular flexibility index (Phi) is 3.33. The third kappa shape index (κ3) is 2.41. The maximum Gasteiger partial charge on any atom is 0.207 e. The van der Waals surface area contributed by atoms with Crippen molar-refractivity contribution in [3.63, 3.8) is 0 Å². The Morgan fingerprint density at radius 3 is 2.29 bits per heavy atom. The lowest BCUT2D eigenvalue weighted by Crippen LogP contribution is -2.01. The van der Waals surface area contributed by atoms with Crippen LogP contribution in [0.25, 0.3) is 11.4 Å². The average Bonchev–Trinajstić information content (AvgIpc) is 2.30. The molecule has 17 heavy (non-hydrogen) atoms. The van der Waals surface area contributed by atoms with E-state index < -0.39 is 0 Å². The van der Waals surface area contributed by atoms with Gasteiger partial charge < -0.3 is 4.74 Å². The molecule has 1 heterocycles. The van der Waals surface area contributed by atoms with Crippen molar-refractivity contribution >= 4 is 15.9 Å². The molecule has 0 saturated carbocycles. The molecule has 0 N–H and O–H groups in total. The number of hydrogen-bond donors (Lipinski definition) is 0. The molecule has 0 atom stereocenters. The fourth-order valence-corrected chi connectivity index (χ4v) is 2.09. The van der Waals surface area contributed by atoms with E-state index in [1.807, 2.05) is 19.1 Å². The van der Waals surface area contributed by atoms with Crippen molar-refractivity contribution in [2.24, 2.45) is 0 Å². The van der Waals surface area contributed by atoms with Gasteiger partial charge in [-0.1, -0.05) is 15.9 Å². The Balaban J connectivity index is 2.61. The van der Waals surface area contributed by atoms with Crippen molar-refractivity contribution in [2.45, 2.75) is 13.8 Å². The second-order valence-corrected chi connectivity index (χ2v) is 4.49. The Morgan fingerprint density at radius 1 is 1.06 bits per heavy atom. The molecule has 88 valence electrons. The number of methoxy groups -OCH3 is 1. The van der Waals surface area contributed by atoms with Gasteiger partial charge in [0.15, 0.2) is 5.82 Å². The molecule has 2 rings (SSSR count). The molecular formula is C11H11BrN4O. The molecule has 5 nitrogen and oxygen atoms in total. The summed E-state index contributed by atoms with van der Waals surface area (Å²) in [7, 11) is 1.61. The van der Waals surface area contributed by atoms with Gasteiger partial charge in [-0.25, -0.2) is 0 Å². The number of aromatic nitrogens is 4. The lowest BCUT2D eigenvalue weighted by molar-refractivity contribution is 0.415. The third-order valence-corrected chi connectivity index (χ3v) is 2.74. The molecule has 2 aromatic rings. The van der Waals surface area contributed by atoms with Gasteiger partial charge >= 0.3 is 0 Å². The van der Waals surface area contributed by atoms with Gasteiger partial charge in [-0.2, -0.15) is 0 Å². The predicted molar refractivity (Wildman–Crippen MR) is 66.8 cm³/mol. The molecule has 0 fully saturated rings. The Bertz CT molecular complexity index is 542. The Morgan fingerprint density at radius 2 is 1.71 bits per heavy atom. The van der Waals surface area contributed by atoms with Gasteiger partial charge in [0, 0.05) is 4.47 Å². The summed E-state index contributed by atoms with van der Waals surface area (Å²) in [5, 5.41) is 15.9. The van der Waals surface area contributed by atoms with E-state index in [1.165, 1.54) is 0 Å². The molecule has 6 heteroatoms. The van der Waals surface area contributed by atoms with E-state index >= 15 is 0 Å². The van der Waals surface area contributed by atoms with E-state index in [-0.39, 0.29) is 0 Å². The van der Waals surface area contributed by atoms with Crippen LogP contribution in [0, 0.1) is 13.8 Å². The molecule has 0 radical (unpaired) electrons. The van der Waals surface area contributed by atoms with Crippen molar-refractivity contribution in [3.8, 4) is 17.1 Å². The van der Waals surface area contributed by atoms with Gasteiger partial charge in [-0.05, 0) is 31.5 Å². The van der Waals surface area contributed by atoms with Crippen molar-refractivity contribution in [1.29, 1.82) is 0 Å². The van der Waals surface area contributed by atoms with Crippen LogP contribution in [0.5, 0.6) is 5.75 Å². The Labute approximate surface area is 107 Å². The van der Waals surface area contributed by atoms with Gasteiger partial charge in [0.2, 0.25) is 5.82 Å². The van der Waals surface area contributed by atoms with Gasteiger partial charge in [0.25, 0.3) is 0 Å². The number of halogens is 1. The summed E-state index contributed by atoms with van der Waals surface area (Å²) < 4.78 is 6.27. The van der Waals surface area contributed by atoms with Crippen LogP contribution >= 0.6 is 15.9 Å². The first kappa shape index (κ1) is 11.9. The molecule has 0 unspecified atom stereocenters. The highest BCUT2D eigenvalue weighted by molar-refractivity contribution is 9.10. The van der Waals surface area contributed by atoms with Gasteiger partial charge in [0.05, 0.1) is 12.7 Å². The molecule has 0 amide bonds. The van der Waals surface area contributed by atoms with Crippen molar-refractivity contribution < 1.29 is 4.74 Å². The number of benzene rings is 1. The Hall–Kier alpha value is -1.56. The van der Waals surface area contributed by atoms with E-state index in [4.69, 9.17) is 4.74 Å². The highest BCUT2D eigenvalue weighted by atomic mass is 79.9. The summed E-state index contributed by atoms with van der Waals surface area (Å²) in [6.45, 7) is 3.71. The van der Waals surface area contributed by atoms with Crippen molar-refractivity contribution in [2.75, 3.05) is 7.11 Å². The minimum absolute atomic E-state index is 0.470. The van der Waals surface area contributed by atoms with Crippen molar-refractivity contribution in [1.82, 2.24) is 20.4 Å². The highest BCUT2D eigenvalue weighted by Crippen LogP contribution is 2.33. The van der Waals surface area contributed by atoms with E-state index in [1.54, 1.807) is 14.0 Å². The highest BCUT2D eigenvalue weighted by Gasteiger charge is 2.14. The number of aryl methyl sites for hydroxylation is 2. The van der Waals surface area contributed by atoms with E-state index in [0.717, 1.165) is 15.6 Å². The monoisotopic (exact) mass is 294 g/mol. The van der Waals surface area contributed by atoms with E-state index in [0.29, 0.717) is 17.4 Å². The summed E-state index contributed by atoms with van der Waals surface area (Å²) in [4.78, 5) is 0. The fraction of sp³-hybridized carbons (Fsp3) is 0.273. The van der Waals surface area contributed by atoms with Crippen LogP contribution in [-0.2, 0) is 0 Å². The van der Waals surface area contributed by atoms with Crippen LogP contribution in [0.1, 0.15) is 11.4 Å². The molecule has 0 bridgehead atoms. The number of hydrogen-bond acceptors (Lipinski definition) is 5. The quantitative estimate of drug-likeness (QED) is 0.851. The minimum atomic E-state index is 0.470. The molecule has 0 aliphatic rings. The molecule has 0 aliphatic carbocycles. The summed E-state index contributed by atoms with van der Waals surface area (Å²) in [6, 6.07) is 3.84. The smallest absolute Gasteiger partial charge is 0.207 e. The van der Waals surface area contributed by atoms with Crippen LogP contribution < -0.4 is 4.74 Å². The number of rotatable bonds is 2. The zero-order valence-electron chi connectivity index (χ0n) is 9.73. The maximum atomic E-state index is 5.33. The SMILES string of the molecule is COc1cc(Br)cc(C)c1-c1nnc(C)nn1. The second-order valence-electron chi connectivity index (χ2n) is 3.57. The minimum Gasteiger partial charge on any atom is -0.496 e.